The van der Waals surface area contributed by atoms with E-state index in [-0.39, 0.29) is 10.8 Å². The summed E-state index contributed by atoms with van der Waals surface area (Å²) in [5, 5.41) is 0. The van der Waals surface area contributed by atoms with Crippen LogP contribution < -0.4 is 4.74 Å². The van der Waals surface area contributed by atoms with E-state index in [0.717, 1.165) is 50.7 Å². The number of fused-ring (bicyclic) bond motifs is 1. The van der Waals surface area contributed by atoms with E-state index in [1.54, 1.807) is 11.0 Å². The highest BCUT2D eigenvalue weighted by atomic mass is 32.2. The standard InChI is InChI=1S/C26H31NO5S/c1-33(29,30)23-7-8-25(32-17-18-3-2-4-18)24(14-23)26(28)27-15-21-6-5-20(13-22(21)16-27)19-9-11-31-12-10-19/h5-8,13-14,18-19H,2-4,9-12,15-17H2,1H3. The molecule has 0 radical (unpaired) electrons. The van der Waals surface area contributed by atoms with Gasteiger partial charge in [0, 0.05) is 32.6 Å². The molecule has 2 fully saturated rings. The van der Waals surface area contributed by atoms with Crippen molar-refractivity contribution in [1.29, 1.82) is 0 Å². The zero-order valence-corrected chi connectivity index (χ0v) is 19.9. The lowest BCUT2D eigenvalue weighted by Crippen LogP contribution is -2.27. The van der Waals surface area contributed by atoms with Gasteiger partial charge in [0.05, 0.1) is 17.1 Å². The molecule has 2 heterocycles. The van der Waals surface area contributed by atoms with Gasteiger partial charge in [-0.3, -0.25) is 4.79 Å². The van der Waals surface area contributed by atoms with Crippen LogP contribution in [0.3, 0.4) is 0 Å². The molecule has 0 unspecified atom stereocenters. The topological polar surface area (TPSA) is 72.9 Å². The Morgan fingerprint density at radius 3 is 2.48 bits per heavy atom. The Hall–Kier alpha value is -2.38. The zero-order chi connectivity index (χ0) is 23.0. The predicted molar refractivity (Wildman–Crippen MR) is 125 cm³/mol. The fourth-order valence-electron chi connectivity index (χ4n) is 4.91. The van der Waals surface area contributed by atoms with Gasteiger partial charge < -0.3 is 14.4 Å². The highest BCUT2D eigenvalue weighted by Gasteiger charge is 2.29. The van der Waals surface area contributed by atoms with Crippen molar-refractivity contribution >= 4 is 15.7 Å². The number of carbonyl (C=O) groups excluding carboxylic acids is 1. The lowest BCUT2D eigenvalue weighted by atomic mass is 9.86. The van der Waals surface area contributed by atoms with Crippen LogP contribution in [0.1, 0.15) is 65.1 Å². The van der Waals surface area contributed by atoms with E-state index >= 15 is 0 Å². The maximum absolute atomic E-state index is 13.6. The molecule has 1 amide bonds. The molecule has 6 nitrogen and oxygen atoms in total. The third-order valence-corrected chi connectivity index (χ3v) is 8.35. The largest absolute Gasteiger partial charge is 0.492 e. The number of amides is 1. The van der Waals surface area contributed by atoms with Crippen LogP contribution in [-0.2, 0) is 27.7 Å². The maximum atomic E-state index is 13.6. The molecule has 0 spiro atoms. The molecular weight excluding hydrogens is 438 g/mol. The number of ether oxygens (including phenoxy) is 2. The molecule has 0 aromatic heterocycles. The minimum absolute atomic E-state index is 0.139. The molecule has 1 aliphatic carbocycles. The van der Waals surface area contributed by atoms with Gasteiger partial charge >= 0.3 is 0 Å². The lowest BCUT2D eigenvalue weighted by molar-refractivity contribution is 0.0744. The lowest BCUT2D eigenvalue weighted by Gasteiger charge is -2.26. The van der Waals surface area contributed by atoms with Crippen LogP contribution in [0.25, 0.3) is 0 Å². The molecule has 5 rings (SSSR count). The second kappa shape index (κ2) is 9.11. The molecule has 33 heavy (non-hydrogen) atoms. The van der Waals surface area contributed by atoms with E-state index < -0.39 is 9.84 Å². The summed E-state index contributed by atoms with van der Waals surface area (Å²) in [5.41, 5.74) is 3.96. The van der Waals surface area contributed by atoms with Crippen LogP contribution in [-0.4, -0.2) is 45.3 Å². The number of carbonyl (C=O) groups is 1. The van der Waals surface area contributed by atoms with E-state index in [4.69, 9.17) is 9.47 Å². The molecule has 2 aliphatic heterocycles. The molecule has 176 valence electrons. The Bertz CT molecular complexity index is 1150. The summed E-state index contributed by atoms with van der Waals surface area (Å²) in [6.45, 7) is 3.20. The summed E-state index contributed by atoms with van der Waals surface area (Å²) >= 11 is 0. The van der Waals surface area contributed by atoms with Gasteiger partial charge in [0.15, 0.2) is 9.84 Å². The molecular formula is C26H31NO5S. The van der Waals surface area contributed by atoms with E-state index in [0.29, 0.717) is 42.8 Å². The summed E-state index contributed by atoms with van der Waals surface area (Å²) in [7, 11) is -3.43. The van der Waals surface area contributed by atoms with E-state index in [1.807, 2.05) is 0 Å². The zero-order valence-electron chi connectivity index (χ0n) is 19.1. The molecule has 2 aromatic rings. The van der Waals surface area contributed by atoms with Crippen LogP contribution in [0, 0.1) is 5.92 Å². The fraction of sp³-hybridized carbons (Fsp3) is 0.500. The second-order valence-corrected chi connectivity index (χ2v) is 11.6. The first-order valence-corrected chi connectivity index (χ1v) is 13.7. The maximum Gasteiger partial charge on any atom is 0.258 e. The summed E-state index contributed by atoms with van der Waals surface area (Å²) < 4.78 is 35.8. The van der Waals surface area contributed by atoms with Crippen molar-refractivity contribution < 1.29 is 22.7 Å². The van der Waals surface area contributed by atoms with Gasteiger partial charge in [0.1, 0.15) is 5.75 Å². The van der Waals surface area contributed by atoms with Gasteiger partial charge in [-0.15, -0.1) is 0 Å². The molecule has 3 aliphatic rings. The molecule has 1 saturated heterocycles. The van der Waals surface area contributed by atoms with Crippen molar-refractivity contribution in [1.82, 2.24) is 4.90 Å². The van der Waals surface area contributed by atoms with Crippen LogP contribution >= 0.6 is 0 Å². The van der Waals surface area contributed by atoms with E-state index in [9.17, 15) is 13.2 Å². The smallest absolute Gasteiger partial charge is 0.258 e. The van der Waals surface area contributed by atoms with Crippen molar-refractivity contribution in [3.05, 3.63) is 58.7 Å². The summed E-state index contributed by atoms with van der Waals surface area (Å²) in [5.74, 6) is 1.31. The van der Waals surface area contributed by atoms with Crippen LogP contribution in [0.15, 0.2) is 41.3 Å². The van der Waals surface area contributed by atoms with Crippen LogP contribution in [0.4, 0.5) is 0 Å². The van der Waals surface area contributed by atoms with E-state index in [2.05, 4.69) is 18.2 Å². The molecule has 0 N–H and O–H groups in total. The van der Waals surface area contributed by atoms with Crippen molar-refractivity contribution in [3.63, 3.8) is 0 Å². The Morgan fingerprint density at radius 1 is 1.03 bits per heavy atom. The van der Waals surface area contributed by atoms with Crippen molar-refractivity contribution in [2.24, 2.45) is 5.92 Å². The van der Waals surface area contributed by atoms with Gasteiger partial charge in [-0.2, -0.15) is 0 Å². The Labute approximate surface area is 195 Å². The molecule has 0 bridgehead atoms. The first-order chi connectivity index (χ1) is 15.9. The van der Waals surface area contributed by atoms with Gasteiger partial charge in [0.2, 0.25) is 0 Å². The summed E-state index contributed by atoms with van der Waals surface area (Å²) in [4.78, 5) is 15.5. The predicted octanol–water partition coefficient (Wildman–Crippen LogP) is 4.32. The summed E-state index contributed by atoms with van der Waals surface area (Å²) in [6.07, 6.45) is 6.72. The van der Waals surface area contributed by atoms with Crippen molar-refractivity contribution in [2.45, 2.75) is 56.0 Å². The average Bonchev–Trinajstić information content (AvgIpc) is 3.21. The molecule has 2 aromatic carbocycles. The number of hydrogen-bond donors (Lipinski definition) is 0. The molecule has 1 saturated carbocycles. The van der Waals surface area contributed by atoms with Crippen LogP contribution in [0.5, 0.6) is 5.75 Å². The third kappa shape index (κ3) is 4.80. The van der Waals surface area contributed by atoms with Gasteiger partial charge in [0.25, 0.3) is 5.91 Å². The van der Waals surface area contributed by atoms with Crippen molar-refractivity contribution in [3.8, 4) is 5.75 Å². The number of hydrogen-bond acceptors (Lipinski definition) is 5. The minimum atomic E-state index is -3.43. The first kappa shape index (κ1) is 22.4. The SMILES string of the molecule is CS(=O)(=O)c1ccc(OCC2CCC2)c(C(=O)N2Cc3ccc(C4CCOCC4)cc3C2)c1. The van der Waals surface area contributed by atoms with Gasteiger partial charge in [-0.25, -0.2) is 8.42 Å². The number of rotatable bonds is 6. The van der Waals surface area contributed by atoms with Crippen LogP contribution in [0.2, 0.25) is 0 Å². The normalized spacial score (nSPS) is 19.2. The average molecular weight is 470 g/mol. The fourth-order valence-corrected chi connectivity index (χ4v) is 5.56. The first-order valence-electron chi connectivity index (χ1n) is 11.8. The quantitative estimate of drug-likeness (QED) is 0.630. The number of nitrogens with zero attached hydrogens (tertiary/aromatic N) is 1. The Morgan fingerprint density at radius 2 is 1.79 bits per heavy atom. The number of benzene rings is 2. The van der Waals surface area contributed by atoms with E-state index in [1.165, 1.54) is 29.7 Å². The third-order valence-electron chi connectivity index (χ3n) is 7.24. The number of sulfone groups is 1. The highest BCUT2D eigenvalue weighted by molar-refractivity contribution is 7.90. The summed E-state index contributed by atoms with van der Waals surface area (Å²) in [6, 6.07) is 11.2. The van der Waals surface area contributed by atoms with Gasteiger partial charge in [-0.1, -0.05) is 24.6 Å². The van der Waals surface area contributed by atoms with Gasteiger partial charge in [-0.05, 0) is 72.4 Å². The molecule has 7 heteroatoms. The van der Waals surface area contributed by atoms with Crippen molar-refractivity contribution in [2.75, 3.05) is 26.1 Å². The highest BCUT2D eigenvalue weighted by Crippen LogP contribution is 2.34. The molecule has 0 atom stereocenters. The minimum Gasteiger partial charge on any atom is -0.492 e. The monoisotopic (exact) mass is 469 g/mol. The Kier molecular flexibility index (Phi) is 6.18. The second-order valence-electron chi connectivity index (χ2n) is 9.61. The Balaban J connectivity index is 1.38.